The summed E-state index contributed by atoms with van der Waals surface area (Å²) >= 11 is 0. The number of carbonyl (C=O) groups excluding carboxylic acids is 1. The van der Waals surface area contributed by atoms with Gasteiger partial charge < -0.3 is 16.0 Å². The van der Waals surface area contributed by atoms with Crippen molar-refractivity contribution in [2.24, 2.45) is 0 Å². The van der Waals surface area contributed by atoms with Crippen LogP contribution < -0.4 is 16.0 Å². The van der Waals surface area contributed by atoms with Gasteiger partial charge in [-0.3, -0.25) is 4.79 Å². The van der Waals surface area contributed by atoms with E-state index in [4.69, 9.17) is 0 Å². The fourth-order valence-corrected chi connectivity index (χ4v) is 2.33. The molecule has 1 aliphatic rings. The third-order valence-electron chi connectivity index (χ3n) is 3.71. The van der Waals surface area contributed by atoms with Crippen molar-refractivity contribution in [2.45, 2.75) is 32.7 Å². The standard InChI is InChI=1S/C15H23N3O/c1-11-4-5-12(2)13(8-11)18-14(19)9-17-15(3)6-7-16-10-15/h4-5,8,16-17H,6-7,9-10H2,1-3H3,(H,18,19). The number of benzene rings is 1. The Balaban J connectivity index is 1.89. The Morgan fingerprint density at radius 3 is 2.89 bits per heavy atom. The summed E-state index contributed by atoms with van der Waals surface area (Å²) < 4.78 is 0. The zero-order valence-electron chi connectivity index (χ0n) is 12.0. The molecule has 1 aromatic rings. The minimum atomic E-state index is 0.0156. The number of nitrogens with one attached hydrogen (secondary N) is 3. The van der Waals surface area contributed by atoms with E-state index in [0.29, 0.717) is 6.54 Å². The van der Waals surface area contributed by atoms with Crippen LogP contribution in [0, 0.1) is 13.8 Å². The van der Waals surface area contributed by atoms with E-state index in [0.717, 1.165) is 36.3 Å². The van der Waals surface area contributed by atoms with Gasteiger partial charge in [-0.15, -0.1) is 0 Å². The molecule has 4 nitrogen and oxygen atoms in total. The first-order chi connectivity index (χ1) is 8.98. The predicted octanol–water partition coefficient (Wildman–Crippen LogP) is 1.58. The lowest BCUT2D eigenvalue weighted by Gasteiger charge is -2.24. The molecule has 1 atom stereocenters. The number of carbonyl (C=O) groups is 1. The maximum atomic E-state index is 12.0. The Labute approximate surface area is 115 Å². The van der Waals surface area contributed by atoms with Crippen LogP contribution in [0.3, 0.4) is 0 Å². The van der Waals surface area contributed by atoms with Crippen molar-refractivity contribution in [3.8, 4) is 0 Å². The number of hydrogen-bond donors (Lipinski definition) is 3. The second kappa shape index (κ2) is 5.72. The molecule has 3 N–H and O–H groups in total. The zero-order chi connectivity index (χ0) is 13.9. The summed E-state index contributed by atoms with van der Waals surface area (Å²) in [5.41, 5.74) is 3.19. The lowest BCUT2D eigenvalue weighted by atomic mass is 10.0. The molecule has 0 aliphatic carbocycles. The van der Waals surface area contributed by atoms with Crippen LogP contribution in [-0.2, 0) is 4.79 Å². The molecule has 1 aliphatic heterocycles. The van der Waals surface area contributed by atoms with Crippen LogP contribution >= 0.6 is 0 Å². The molecule has 0 radical (unpaired) electrons. The van der Waals surface area contributed by atoms with E-state index in [2.05, 4.69) is 28.9 Å². The van der Waals surface area contributed by atoms with E-state index in [-0.39, 0.29) is 11.4 Å². The van der Waals surface area contributed by atoms with Crippen LogP contribution in [-0.4, -0.2) is 31.1 Å². The third kappa shape index (κ3) is 3.78. The Bertz CT molecular complexity index is 464. The Hall–Kier alpha value is -1.39. The second-order valence-electron chi connectivity index (χ2n) is 5.71. The summed E-state index contributed by atoms with van der Waals surface area (Å²) in [4.78, 5) is 12.0. The van der Waals surface area contributed by atoms with Crippen molar-refractivity contribution in [2.75, 3.05) is 25.0 Å². The van der Waals surface area contributed by atoms with Gasteiger partial charge in [0.25, 0.3) is 0 Å². The average molecular weight is 261 g/mol. The molecule has 0 spiro atoms. The summed E-state index contributed by atoms with van der Waals surface area (Å²) in [5.74, 6) is 0.0156. The van der Waals surface area contributed by atoms with Crippen LogP contribution in [0.1, 0.15) is 24.5 Å². The van der Waals surface area contributed by atoms with Gasteiger partial charge in [0.2, 0.25) is 5.91 Å². The highest BCUT2D eigenvalue weighted by molar-refractivity contribution is 5.93. The first-order valence-electron chi connectivity index (χ1n) is 6.81. The molecule has 1 aromatic carbocycles. The van der Waals surface area contributed by atoms with Crippen LogP contribution in [0.15, 0.2) is 18.2 Å². The Morgan fingerprint density at radius 2 is 2.21 bits per heavy atom. The summed E-state index contributed by atoms with van der Waals surface area (Å²) in [6.07, 6.45) is 1.06. The van der Waals surface area contributed by atoms with Crippen molar-refractivity contribution in [1.29, 1.82) is 0 Å². The minimum absolute atomic E-state index is 0.0156. The van der Waals surface area contributed by atoms with Crippen LogP contribution in [0.5, 0.6) is 0 Å². The first-order valence-corrected chi connectivity index (χ1v) is 6.81. The van der Waals surface area contributed by atoms with E-state index >= 15 is 0 Å². The van der Waals surface area contributed by atoms with E-state index in [1.165, 1.54) is 0 Å². The summed E-state index contributed by atoms with van der Waals surface area (Å²) in [7, 11) is 0. The van der Waals surface area contributed by atoms with Crippen molar-refractivity contribution in [3.05, 3.63) is 29.3 Å². The molecular formula is C15H23N3O. The highest BCUT2D eigenvalue weighted by Gasteiger charge is 2.28. The predicted molar refractivity (Wildman–Crippen MR) is 78.4 cm³/mol. The topological polar surface area (TPSA) is 53.2 Å². The van der Waals surface area contributed by atoms with Gasteiger partial charge in [-0.05, 0) is 50.9 Å². The summed E-state index contributed by atoms with van der Waals surface area (Å²) in [6, 6.07) is 6.08. The quantitative estimate of drug-likeness (QED) is 0.771. The van der Waals surface area contributed by atoms with E-state index in [9.17, 15) is 4.79 Å². The van der Waals surface area contributed by atoms with E-state index in [1.807, 2.05) is 26.0 Å². The molecular weight excluding hydrogens is 238 g/mol. The number of anilines is 1. The van der Waals surface area contributed by atoms with Crippen LogP contribution in [0.25, 0.3) is 0 Å². The lowest BCUT2D eigenvalue weighted by molar-refractivity contribution is -0.115. The van der Waals surface area contributed by atoms with E-state index in [1.54, 1.807) is 0 Å². The average Bonchev–Trinajstić information content (AvgIpc) is 2.79. The van der Waals surface area contributed by atoms with Gasteiger partial charge in [0, 0.05) is 17.8 Å². The van der Waals surface area contributed by atoms with Gasteiger partial charge in [0.1, 0.15) is 0 Å². The molecule has 1 unspecified atom stereocenters. The number of rotatable bonds is 4. The van der Waals surface area contributed by atoms with Crippen LogP contribution in [0.4, 0.5) is 5.69 Å². The highest BCUT2D eigenvalue weighted by Crippen LogP contribution is 2.16. The monoisotopic (exact) mass is 261 g/mol. The fraction of sp³-hybridized carbons (Fsp3) is 0.533. The van der Waals surface area contributed by atoms with Gasteiger partial charge in [-0.1, -0.05) is 12.1 Å². The molecule has 0 saturated carbocycles. The van der Waals surface area contributed by atoms with E-state index < -0.39 is 0 Å². The smallest absolute Gasteiger partial charge is 0.238 e. The molecule has 1 saturated heterocycles. The molecule has 104 valence electrons. The van der Waals surface area contributed by atoms with Gasteiger partial charge >= 0.3 is 0 Å². The number of amides is 1. The molecule has 0 bridgehead atoms. The summed E-state index contributed by atoms with van der Waals surface area (Å²) in [6.45, 7) is 8.47. The molecule has 4 heteroatoms. The van der Waals surface area contributed by atoms with Crippen LogP contribution in [0.2, 0.25) is 0 Å². The van der Waals surface area contributed by atoms with Gasteiger partial charge in [-0.2, -0.15) is 0 Å². The third-order valence-corrected chi connectivity index (χ3v) is 3.71. The summed E-state index contributed by atoms with van der Waals surface area (Å²) in [5, 5.41) is 9.62. The molecule has 1 amide bonds. The number of aryl methyl sites for hydroxylation is 2. The van der Waals surface area contributed by atoms with Crippen molar-refractivity contribution in [3.63, 3.8) is 0 Å². The minimum Gasteiger partial charge on any atom is -0.325 e. The Kier molecular flexibility index (Phi) is 4.22. The van der Waals surface area contributed by atoms with Gasteiger partial charge in [0.15, 0.2) is 0 Å². The number of hydrogen-bond acceptors (Lipinski definition) is 3. The maximum Gasteiger partial charge on any atom is 0.238 e. The normalized spacial score (nSPS) is 22.5. The maximum absolute atomic E-state index is 12.0. The lowest BCUT2D eigenvalue weighted by Crippen LogP contribution is -2.47. The zero-order valence-corrected chi connectivity index (χ0v) is 12.0. The SMILES string of the molecule is Cc1ccc(C)c(NC(=O)CNC2(C)CCNC2)c1. The molecule has 0 aromatic heterocycles. The fourth-order valence-electron chi connectivity index (χ4n) is 2.33. The molecule has 1 fully saturated rings. The molecule has 1 heterocycles. The van der Waals surface area contributed by atoms with Crippen molar-refractivity contribution in [1.82, 2.24) is 10.6 Å². The highest BCUT2D eigenvalue weighted by atomic mass is 16.1. The van der Waals surface area contributed by atoms with Gasteiger partial charge in [-0.25, -0.2) is 0 Å². The molecule has 19 heavy (non-hydrogen) atoms. The first kappa shape index (κ1) is 14.0. The van der Waals surface area contributed by atoms with Gasteiger partial charge in [0.05, 0.1) is 6.54 Å². The second-order valence-corrected chi connectivity index (χ2v) is 5.71. The Morgan fingerprint density at radius 1 is 1.42 bits per heavy atom. The van der Waals surface area contributed by atoms with Crippen molar-refractivity contribution < 1.29 is 4.79 Å². The molecule has 2 rings (SSSR count). The van der Waals surface area contributed by atoms with Crippen molar-refractivity contribution >= 4 is 11.6 Å². The largest absolute Gasteiger partial charge is 0.325 e.